The van der Waals surface area contributed by atoms with Crippen LogP contribution < -0.4 is 10.1 Å². The summed E-state index contributed by atoms with van der Waals surface area (Å²) in [6.07, 6.45) is 1.76. The van der Waals surface area contributed by atoms with E-state index in [0.29, 0.717) is 19.7 Å². The van der Waals surface area contributed by atoms with Crippen molar-refractivity contribution in [3.63, 3.8) is 0 Å². The van der Waals surface area contributed by atoms with Gasteiger partial charge in [-0.25, -0.2) is 0 Å². The highest BCUT2D eigenvalue weighted by Gasteiger charge is 2.36. The number of aliphatic imine (C=N–C) groups is 1. The first-order valence-electron chi connectivity index (χ1n) is 9.75. The number of aromatic nitrogens is 1. The van der Waals surface area contributed by atoms with Crippen LogP contribution in [0.3, 0.4) is 0 Å². The van der Waals surface area contributed by atoms with Crippen LogP contribution in [0.15, 0.2) is 53.7 Å². The van der Waals surface area contributed by atoms with E-state index in [1.807, 2.05) is 42.5 Å². The molecular weight excluding hydrogens is 495 g/mol. The fourth-order valence-corrected chi connectivity index (χ4v) is 3.46. The van der Waals surface area contributed by atoms with Crippen LogP contribution in [0.5, 0.6) is 5.75 Å². The molecule has 2 unspecified atom stereocenters. The van der Waals surface area contributed by atoms with Gasteiger partial charge in [-0.15, -0.1) is 24.0 Å². The van der Waals surface area contributed by atoms with E-state index < -0.39 is 0 Å². The summed E-state index contributed by atoms with van der Waals surface area (Å²) < 4.78 is 10.7. The minimum atomic E-state index is -0.156. The number of carbonyl (C=O) groups is 1. The molecule has 1 aliphatic rings. The summed E-state index contributed by atoms with van der Waals surface area (Å²) in [5.41, 5.74) is 2.01. The average Bonchev–Trinajstić information content (AvgIpc) is 3.15. The van der Waals surface area contributed by atoms with Gasteiger partial charge in [-0.3, -0.25) is 14.8 Å². The van der Waals surface area contributed by atoms with Gasteiger partial charge in [-0.05, 0) is 35.7 Å². The largest absolute Gasteiger partial charge is 0.487 e. The molecule has 1 N–H and O–H groups in total. The van der Waals surface area contributed by atoms with Crippen molar-refractivity contribution in [2.75, 3.05) is 27.2 Å². The van der Waals surface area contributed by atoms with Gasteiger partial charge in [0.05, 0.1) is 18.7 Å². The fourth-order valence-electron chi connectivity index (χ4n) is 3.46. The van der Waals surface area contributed by atoms with Gasteiger partial charge in [0.25, 0.3) is 0 Å². The van der Waals surface area contributed by atoms with Gasteiger partial charge < -0.3 is 19.7 Å². The van der Waals surface area contributed by atoms with E-state index >= 15 is 0 Å². The summed E-state index contributed by atoms with van der Waals surface area (Å²) in [5.74, 6) is 1.55. The number of guanidine groups is 1. The van der Waals surface area contributed by atoms with E-state index in [1.54, 1.807) is 13.2 Å². The van der Waals surface area contributed by atoms with Crippen molar-refractivity contribution in [3.05, 3.63) is 59.9 Å². The smallest absolute Gasteiger partial charge is 0.310 e. The second-order valence-corrected chi connectivity index (χ2v) is 7.17. The maximum absolute atomic E-state index is 11.9. The van der Waals surface area contributed by atoms with Crippen molar-refractivity contribution in [1.29, 1.82) is 0 Å². The minimum absolute atomic E-state index is 0. The van der Waals surface area contributed by atoms with E-state index in [0.717, 1.165) is 29.5 Å². The second kappa shape index (κ2) is 11.7. The number of nitrogens with zero attached hydrogens (tertiary/aromatic N) is 3. The predicted molar refractivity (Wildman–Crippen MR) is 127 cm³/mol. The Morgan fingerprint density at radius 1 is 1.23 bits per heavy atom. The molecule has 2 heterocycles. The number of carbonyl (C=O) groups excluding carboxylic acids is 1. The van der Waals surface area contributed by atoms with Gasteiger partial charge in [-0.2, -0.15) is 0 Å². The van der Waals surface area contributed by atoms with Gasteiger partial charge in [0.15, 0.2) is 5.96 Å². The minimum Gasteiger partial charge on any atom is -0.487 e. The number of hydrogen-bond acceptors (Lipinski definition) is 5. The van der Waals surface area contributed by atoms with Crippen LogP contribution in [0.1, 0.15) is 18.2 Å². The molecule has 1 aromatic carbocycles. The van der Waals surface area contributed by atoms with E-state index in [9.17, 15) is 4.79 Å². The Bertz CT molecular complexity index is 830. The number of benzene rings is 1. The van der Waals surface area contributed by atoms with E-state index in [4.69, 9.17) is 9.47 Å². The van der Waals surface area contributed by atoms with Crippen molar-refractivity contribution >= 4 is 35.9 Å². The van der Waals surface area contributed by atoms with E-state index in [-0.39, 0.29) is 41.8 Å². The van der Waals surface area contributed by atoms with Crippen LogP contribution in [0.25, 0.3) is 0 Å². The standard InChI is InChI=1S/C22H28N4O3.HI/c1-16-13-26(14-20(16)21(27)28-3)22(23-2)25-12-17-7-9-19(10-8-17)29-15-18-6-4-5-11-24-18;/h4-11,16,20H,12-15H2,1-3H3,(H,23,25);1H. The van der Waals surface area contributed by atoms with Crippen molar-refractivity contribution in [2.24, 2.45) is 16.8 Å². The number of hydrogen-bond donors (Lipinski definition) is 1. The molecule has 2 atom stereocenters. The SMILES string of the molecule is CN=C(NCc1ccc(OCc2ccccn2)cc1)N1CC(C)C(C(=O)OC)C1.I. The van der Waals surface area contributed by atoms with Crippen LogP contribution >= 0.6 is 24.0 Å². The molecule has 1 aliphatic heterocycles. The highest BCUT2D eigenvalue weighted by Crippen LogP contribution is 2.24. The molecule has 0 amide bonds. The number of ether oxygens (including phenoxy) is 2. The quantitative estimate of drug-likeness (QED) is 0.271. The summed E-state index contributed by atoms with van der Waals surface area (Å²) in [4.78, 5) is 22.6. The van der Waals surface area contributed by atoms with Gasteiger partial charge in [0.1, 0.15) is 12.4 Å². The molecule has 1 aromatic heterocycles. The summed E-state index contributed by atoms with van der Waals surface area (Å²) in [7, 11) is 3.20. The zero-order valence-corrected chi connectivity index (χ0v) is 19.9. The monoisotopic (exact) mass is 524 g/mol. The van der Waals surface area contributed by atoms with Crippen LogP contribution in [-0.2, 0) is 22.7 Å². The Hall–Kier alpha value is -2.36. The zero-order valence-electron chi connectivity index (χ0n) is 17.6. The van der Waals surface area contributed by atoms with Gasteiger partial charge in [0.2, 0.25) is 0 Å². The third-order valence-electron chi connectivity index (χ3n) is 5.11. The molecule has 0 radical (unpaired) electrons. The lowest BCUT2D eigenvalue weighted by Gasteiger charge is -2.21. The number of methoxy groups -OCH3 is 1. The molecule has 8 heteroatoms. The molecular formula is C22H29IN4O3. The lowest BCUT2D eigenvalue weighted by molar-refractivity contribution is -0.145. The van der Waals surface area contributed by atoms with Crippen LogP contribution in [0, 0.1) is 11.8 Å². The maximum atomic E-state index is 11.9. The Balaban J connectivity index is 0.00000320. The molecule has 7 nitrogen and oxygen atoms in total. The molecule has 30 heavy (non-hydrogen) atoms. The van der Waals surface area contributed by atoms with Gasteiger partial charge >= 0.3 is 5.97 Å². The van der Waals surface area contributed by atoms with Crippen LogP contribution in [-0.4, -0.2) is 49.1 Å². The topological polar surface area (TPSA) is 76.1 Å². The van der Waals surface area contributed by atoms with Crippen molar-refractivity contribution in [2.45, 2.75) is 20.1 Å². The number of esters is 1. The Labute approximate surface area is 194 Å². The number of likely N-dealkylation sites (tertiary alicyclic amines) is 1. The van der Waals surface area contributed by atoms with Crippen LogP contribution in [0.4, 0.5) is 0 Å². The highest BCUT2D eigenvalue weighted by atomic mass is 127. The fraction of sp³-hybridized carbons (Fsp3) is 0.409. The zero-order chi connectivity index (χ0) is 20.6. The Morgan fingerprint density at radius 2 is 2.00 bits per heavy atom. The maximum Gasteiger partial charge on any atom is 0.310 e. The first-order chi connectivity index (χ1) is 14.1. The lowest BCUT2D eigenvalue weighted by Crippen LogP contribution is -2.40. The van der Waals surface area contributed by atoms with Crippen molar-refractivity contribution < 1.29 is 14.3 Å². The third-order valence-corrected chi connectivity index (χ3v) is 5.11. The predicted octanol–water partition coefficient (Wildman–Crippen LogP) is 3.09. The molecule has 1 fully saturated rings. The average molecular weight is 524 g/mol. The third kappa shape index (κ3) is 6.32. The number of nitrogens with one attached hydrogen (secondary N) is 1. The Kier molecular flexibility index (Phi) is 9.35. The summed E-state index contributed by atoms with van der Waals surface area (Å²) in [6, 6.07) is 13.7. The molecule has 2 aromatic rings. The van der Waals surface area contributed by atoms with Crippen molar-refractivity contribution in [1.82, 2.24) is 15.2 Å². The molecule has 0 aliphatic carbocycles. The Morgan fingerprint density at radius 3 is 2.63 bits per heavy atom. The summed E-state index contributed by atoms with van der Waals surface area (Å²) in [6.45, 7) is 4.55. The van der Waals surface area contributed by atoms with Crippen LogP contribution in [0.2, 0.25) is 0 Å². The van der Waals surface area contributed by atoms with E-state index in [2.05, 4.69) is 27.1 Å². The summed E-state index contributed by atoms with van der Waals surface area (Å²) >= 11 is 0. The second-order valence-electron chi connectivity index (χ2n) is 7.17. The molecule has 3 rings (SSSR count). The molecule has 0 bridgehead atoms. The first kappa shape index (κ1) is 23.9. The molecule has 1 saturated heterocycles. The number of rotatable bonds is 6. The summed E-state index contributed by atoms with van der Waals surface area (Å²) in [5, 5.41) is 3.38. The van der Waals surface area contributed by atoms with Crippen molar-refractivity contribution in [3.8, 4) is 5.75 Å². The lowest BCUT2D eigenvalue weighted by atomic mass is 9.99. The normalized spacial score (nSPS) is 18.5. The first-order valence-corrected chi connectivity index (χ1v) is 9.75. The van der Waals surface area contributed by atoms with E-state index in [1.165, 1.54) is 7.11 Å². The van der Waals surface area contributed by atoms with Gasteiger partial charge in [-0.1, -0.05) is 25.1 Å². The van der Waals surface area contributed by atoms with Gasteiger partial charge in [0, 0.05) is 32.9 Å². The molecule has 0 spiro atoms. The molecule has 0 saturated carbocycles. The number of halogens is 1. The molecule has 162 valence electrons. The highest BCUT2D eigenvalue weighted by molar-refractivity contribution is 14.0. The number of pyridine rings is 1.